The van der Waals surface area contributed by atoms with Crippen LogP contribution in [-0.2, 0) is 28.6 Å². The smallest absolute Gasteiger partial charge is 0.306 e. The maximum Gasteiger partial charge on any atom is 0.306 e. The summed E-state index contributed by atoms with van der Waals surface area (Å²) < 4.78 is 16.8. The van der Waals surface area contributed by atoms with Crippen molar-refractivity contribution in [2.45, 2.75) is 284 Å². The number of esters is 3. The zero-order chi connectivity index (χ0) is 48.6. The summed E-state index contributed by atoms with van der Waals surface area (Å²) in [4.78, 5) is 38.1. The number of ether oxygens (including phenoxy) is 3. The zero-order valence-corrected chi connectivity index (χ0v) is 44.2. The molecule has 1 atom stereocenters. The maximum absolute atomic E-state index is 12.8. The number of carbonyl (C=O) groups is 3. The minimum absolute atomic E-state index is 0.0938. The molecule has 0 fully saturated rings. The van der Waals surface area contributed by atoms with Crippen molar-refractivity contribution in [3.63, 3.8) is 0 Å². The number of unbranched alkanes of at least 4 members (excludes halogenated alkanes) is 28. The molecular formula is C61H106O6. The molecule has 0 spiro atoms. The zero-order valence-electron chi connectivity index (χ0n) is 44.2. The molecule has 0 aromatic carbocycles. The second kappa shape index (κ2) is 55.4. The third kappa shape index (κ3) is 53.7. The largest absolute Gasteiger partial charge is 0.462 e. The quantitative estimate of drug-likeness (QED) is 0.0262. The summed E-state index contributed by atoms with van der Waals surface area (Å²) in [6.45, 7) is 6.55. The summed E-state index contributed by atoms with van der Waals surface area (Å²) in [6, 6.07) is 0. The summed E-state index contributed by atoms with van der Waals surface area (Å²) in [7, 11) is 0. The van der Waals surface area contributed by atoms with E-state index in [-0.39, 0.29) is 31.1 Å². The number of allylic oxidation sites excluding steroid dienone is 12. The Morgan fingerprint density at radius 2 is 0.537 bits per heavy atom. The van der Waals surface area contributed by atoms with Crippen molar-refractivity contribution in [1.29, 1.82) is 0 Å². The second-order valence-electron chi connectivity index (χ2n) is 18.8. The first-order valence-corrected chi connectivity index (χ1v) is 28.4. The highest BCUT2D eigenvalue weighted by atomic mass is 16.6. The van der Waals surface area contributed by atoms with E-state index in [4.69, 9.17) is 14.2 Å². The fourth-order valence-electron chi connectivity index (χ4n) is 7.83. The van der Waals surface area contributed by atoms with E-state index in [1.54, 1.807) is 0 Å². The van der Waals surface area contributed by atoms with Crippen molar-refractivity contribution in [3.8, 4) is 0 Å². The first-order chi connectivity index (χ1) is 33.0. The lowest BCUT2D eigenvalue weighted by Gasteiger charge is -2.18. The molecule has 0 bridgehead atoms. The molecule has 0 aliphatic carbocycles. The van der Waals surface area contributed by atoms with E-state index in [9.17, 15) is 14.4 Å². The van der Waals surface area contributed by atoms with Gasteiger partial charge in [-0.25, -0.2) is 0 Å². The van der Waals surface area contributed by atoms with E-state index in [0.29, 0.717) is 19.3 Å². The Balaban J connectivity index is 4.43. The maximum atomic E-state index is 12.8. The van der Waals surface area contributed by atoms with Crippen molar-refractivity contribution in [3.05, 3.63) is 72.9 Å². The first kappa shape index (κ1) is 63.8. The van der Waals surface area contributed by atoms with Gasteiger partial charge in [-0.2, -0.15) is 0 Å². The van der Waals surface area contributed by atoms with Gasteiger partial charge in [-0.1, -0.05) is 216 Å². The van der Waals surface area contributed by atoms with Crippen LogP contribution in [0.15, 0.2) is 72.9 Å². The average molecular weight is 936 g/mol. The van der Waals surface area contributed by atoms with E-state index in [0.717, 1.165) is 96.3 Å². The van der Waals surface area contributed by atoms with E-state index < -0.39 is 6.10 Å². The minimum atomic E-state index is -0.799. The molecule has 6 heteroatoms. The summed E-state index contributed by atoms with van der Waals surface area (Å²) >= 11 is 0. The van der Waals surface area contributed by atoms with Crippen LogP contribution in [0.3, 0.4) is 0 Å². The molecule has 0 aliphatic heterocycles. The van der Waals surface area contributed by atoms with Gasteiger partial charge in [0, 0.05) is 19.3 Å². The van der Waals surface area contributed by atoms with E-state index in [1.165, 1.54) is 141 Å². The highest BCUT2D eigenvalue weighted by molar-refractivity contribution is 5.71. The van der Waals surface area contributed by atoms with Crippen LogP contribution in [0.4, 0.5) is 0 Å². The van der Waals surface area contributed by atoms with E-state index >= 15 is 0 Å². The molecule has 0 aromatic heterocycles. The normalized spacial score (nSPS) is 12.6. The van der Waals surface area contributed by atoms with E-state index in [2.05, 4.69) is 93.7 Å². The Hall–Kier alpha value is -3.15. The summed E-state index contributed by atoms with van der Waals surface area (Å²) in [5, 5.41) is 0. The molecule has 0 amide bonds. The average Bonchev–Trinajstić information content (AvgIpc) is 3.33. The molecule has 386 valence electrons. The van der Waals surface area contributed by atoms with Crippen LogP contribution in [0.2, 0.25) is 0 Å². The van der Waals surface area contributed by atoms with Gasteiger partial charge in [-0.05, 0) is 116 Å². The molecule has 6 nitrogen and oxygen atoms in total. The predicted molar refractivity (Wildman–Crippen MR) is 288 cm³/mol. The van der Waals surface area contributed by atoms with Gasteiger partial charge in [0.25, 0.3) is 0 Å². The number of hydrogen-bond acceptors (Lipinski definition) is 6. The van der Waals surface area contributed by atoms with Gasteiger partial charge >= 0.3 is 17.9 Å². The molecule has 67 heavy (non-hydrogen) atoms. The van der Waals surface area contributed by atoms with Crippen molar-refractivity contribution >= 4 is 17.9 Å². The molecule has 0 aliphatic rings. The van der Waals surface area contributed by atoms with Crippen molar-refractivity contribution in [1.82, 2.24) is 0 Å². The molecule has 0 saturated carbocycles. The van der Waals surface area contributed by atoms with Crippen molar-refractivity contribution < 1.29 is 28.6 Å². The van der Waals surface area contributed by atoms with Crippen LogP contribution in [-0.4, -0.2) is 37.2 Å². The van der Waals surface area contributed by atoms with Crippen LogP contribution >= 0.6 is 0 Å². The minimum Gasteiger partial charge on any atom is -0.462 e. The Kier molecular flexibility index (Phi) is 52.8. The predicted octanol–water partition coefficient (Wildman–Crippen LogP) is 19.0. The Labute approximate surface area is 414 Å². The Bertz CT molecular complexity index is 1260. The highest BCUT2D eigenvalue weighted by Crippen LogP contribution is 2.15. The van der Waals surface area contributed by atoms with Gasteiger partial charge in [0.1, 0.15) is 13.2 Å². The fraction of sp³-hybridized carbons (Fsp3) is 0.754. The Morgan fingerprint density at radius 3 is 0.910 bits per heavy atom. The summed E-state index contributed by atoms with van der Waals surface area (Å²) in [6.07, 6.45) is 70.3. The second-order valence-corrected chi connectivity index (χ2v) is 18.8. The monoisotopic (exact) mass is 935 g/mol. The molecule has 0 aromatic rings. The van der Waals surface area contributed by atoms with Gasteiger partial charge < -0.3 is 14.2 Å². The lowest BCUT2D eigenvalue weighted by Crippen LogP contribution is -2.30. The van der Waals surface area contributed by atoms with Gasteiger partial charge in [0.15, 0.2) is 6.10 Å². The van der Waals surface area contributed by atoms with Crippen molar-refractivity contribution in [2.75, 3.05) is 13.2 Å². The highest BCUT2D eigenvalue weighted by Gasteiger charge is 2.19. The summed E-state index contributed by atoms with van der Waals surface area (Å²) in [5.74, 6) is -0.943. The van der Waals surface area contributed by atoms with Crippen LogP contribution in [0, 0.1) is 0 Å². The number of rotatable bonds is 51. The number of hydrogen-bond donors (Lipinski definition) is 0. The van der Waals surface area contributed by atoms with Crippen LogP contribution in [0.5, 0.6) is 0 Å². The van der Waals surface area contributed by atoms with Gasteiger partial charge in [0.2, 0.25) is 0 Å². The van der Waals surface area contributed by atoms with Gasteiger partial charge in [-0.15, -0.1) is 0 Å². The number of carbonyl (C=O) groups excluding carboxylic acids is 3. The van der Waals surface area contributed by atoms with Gasteiger partial charge in [-0.3, -0.25) is 14.4 Å². The van der Waals surface area contributed by atoms with Crippen LogP contribution in [0.25, 0.3) is 0 Å². The lowest BCUT2D eigenvalue weighted by molar-refractivity contribution is -0.167. The fourth-order valence-corrected chi connectivity index (χ4v) is 7.83. The molecular weight excluding hydrogens is 829 g/mol. The van der Waals surface area contributed by atoms with Crippen LogP contribution in [0.1, 0.15) is 278 Å². The SMILES string of the molecule is CCCCC/C=C\C/C=C\C/C=C\CCCCC(=O)OC[C@H](COC(=O)CCCCCCCCCCC/C=C\CCCCCCCC)OC(=O)CCCCCCC/C=C\C/C=C\CCCCC. The molecule has 0 rings (SSSR count). The molecule has 0 unspecified atom stereocenters. The topological polar surface area (TPSA) is 78.9 Å². The Morgan fingerprint density at radius 1 is 0.299 bits per heavy atom. The molecule has 0 radical (unpaired) electrons. The van der Waals surface area contributed by atoms with E-state index in [1.807, 2.05) is 0 Å². The first-order valence-electron chi connectivity index (χ1n) is 28.4. The third-order valence-electron chi connectivity index (χ3n) is 12.2. The lowest BCUT2D eigenvalue weighted by atomic mass is 10.1. The molecule has 0 heterocycles. The van der Waals surface area contributed by atoms with Crippen LogP contribution < -0.4 is 0 Å². The van der Waals surface area contributed by atoms with Crippen molar-refractivity contribution in [2.24, 2.45) is 0 Å². The molecule has 0 N–H and O–H groups in total. The van der Waals surface area contributed by atoms with Gasteiger partial charge in [0.05, 0.1) is 0 Å². The third-order valence-corrected chi connectivity index (χ3v) is 12.2. The summed E-state index contributed by atoms with van der Waals surface area (Å²) in [5.41, 5.74) is 0. The molecule has 0 saturated heterocycles. The standard InChI is InChI=1S/C61H106O6/c1-4-7-10-13-16-19-22-25-28-29-30-31-34-36-39-42-45-48-51-54-60(63)66-57-58(67-61(64)55-52-49-46-43-40-37-33-27-24-21-18-15-12-9-6-3)56-65-59(62)53-50-47-44-41-38-35-32-26-23-20-17-14-11-8-5-2/h17-18,20-21,25-28,32-33,38,41,58H,4-16,19,22-24,29-31,34-37,39-40,42-57H2,1-3H3/b20-17-,21-18-,28-25-,32-26-,33-27-,41-38-/t58-/m1/s1.